The lowest BCUT2D eigenvalue weighted by Gasteiger charge is -2.52. The molecule has 0 unspecified atom stereocenters. The lowest BCUT2D eigenvalue weighted by molar-refractivity contribution is -0.152. The molecule has 1 aromatic heterocycles. The molecule has 1 aromatic carbocycles. The number of rotatable bonds is 3. The Kier molecular flexibility index (Phi) is 4.54. The molecule has 26 heavy (non-hydrogen) atoms. The van der Waals surface area contributed by atoms with Crippen molar-refractivity contribution >= 4 is 22.9 Å². The quantitative estimate of drug-likeness (QED) is 0.827. The molecule has 0 N–H and O–H groups in total. The van der Waals surface area contributed by atoms with Crippen LogP contribution in [0.5, 0.6) is 0 Å². The van der Waals surface area contributed by atoms with Gasteiger partial charge in [0.1, 0.15) is 12.4 Å². The van der Waals surface area contributed by atoms with Crippen LogP contribution in [0.15, 0.2) is 29.6 Å². The predicted octanol–water partition coefficient (Wildman–Crippen LogP) is 2.99. The lowest BCUT2D eigenvalue weighted by Crippen LogP contribution is -2.67. The van der Waals surface area contributed by atoms with Gasteiger partial charge in [0, 0.05) is 30.7 Å². The molecule has 138 valence electrons. The molecule has 5 nitrogen and oxygen atoms in total. The van der Waals surface area contributed by atoms with E-state index in [4.69, 9.17) is 4.74 Å². The highest BCUT2D eigenvalue weighted by atomic mass is 32.1. The maximum atomic E-state index is 13.3. The van der Waals surface area contributed by atoms with Crippen molar-refractivity contribution in [1.29, 1.82) is 0 Å². The van der Waals surface area contributed by atoms with Crippen LogP contribution in [-0.2, 0) is 16.1 Å². The first-order valence-electron chi connectivity index (χ1n) is 8.79. The summed E-state index contributed by atoms with van der Waals surface area (Å²) in [4.78, 5) is 21.2. The summed E-state index contributed by atoms with van der Waals surface area (Å²) < 4.78 is 19.3. The largest absolute Gasteiger partial charge is 0.362 e. The van der Waals surface area contributed by atoms with E-state index in [1.54, 1.807) is 28.4 Å². The van der Waals surface area contributed by atoms with Crippen LogP contribution in [0.25, 0.3) is 0 Å². The summed E-state index contributed by atoms with van der Waals surface area (Å²) in [6.07, 6.45) is 0.808. The number of amides is 1. The topological polar surface area (TPSA) is 45.7 Å². The first kappa shape index (κ1) is 17.6. The minimum absolute atomic E-state index is 0.0496. The Labute approximate surface area is 156 Å². The number of nitrogens with zero attached hydrogens (tertiary/aromatic N) is 3. The number of thiazole rings is 1. The molecule has 2 saturated heterocycles. The van der Waals surface area contributed by atoms with Crippen LogP contribution in [-0.4, -0.2) is 47.1 Å². The van der Waals surface area contributed by atoms with E-state index in [9.17, 15) is 9.18 Å². The number of aryl methyl sites for hydroxylation is 1. The maximum absolute atomic E-state index is 13.3. The van der Waals surface area contributed by atoms with Gasteiger partial charge in [-0.1, -0.05) is 0 Å². The average Bonchev–Trinajstić information content (AvgIpc) is 3.01. The van der Waals surface area contributed by atoms with Crippen molar-refractivity contribution in [2.45, 2.75) is 38.5 Å². The van der Waals surface area contributed by atoms with Gasteiger partial charge in [-0.25, -0.2) is 9.37 Å². The van der Waals surface area contributed by atoms with Gasteiger partial charge in [-0.15, -0.1) is 11.3 Å². The fourth-order valence-corrected chi connectivity index (χ4v) is 4.63. The van der Waals surface area contributed by atoms with Gasteiger partial charge in [0.2, 0.25) is 0 Å². The molecule has 0 saturated carbocycles. The number of hydrogen-bond donors (Lipinski definition) is 0. The highest BCUT2D eigenvalue weighted by molar-refractivity contribution is 7.09. The van der Waals surface area contributed by atoms with E-state index in [-0.39, 0.29) is 24.4 Å². The number of carbonyl (C=O) groups is 1. The Morgan fingerprint density at radius 2 is 2.15 bits per heavy atom. The van der Waals surface area contributed by atoms with Crippen molar-refractivity contribution in [3.63, 3.8) is 0 Å². The predicted molar refractivity (Wildman–Crippen MR) is 98.8 cm³/mol. The molecule has 2 aromatic rings. The maximum Gasteiger partial charge on any atom is 0.253 e. The number of morpholine rings is 1. The number of halogens is 1. The first-order chi connectivity index (χ1) is 12.4. The van der Waals surface area contributed by atoms with E-state index in [2.05, 4.69) is 22.2 Å². The fraction of sp³-hybridized carbons (Fsp3) is 0.474. The van der Waals surface area contributed by atoms with Crippen LogP contribution in [0.3, 0.4) is 0 Å². The second-order valence-electron chi connectivity index (χ2n) is 7.21. The molecule has 2 aliphatic heterocycles. The zero-order valence-electron chi connectivity index (χ0n) is 14.9. The monoisotopic (exact) mass is 375 g/mol. The third-order valence-corrected chi connectivity index (χ3v) is 6.05. The number of benzene rings is 1. The van der Waals surface area contributed by atoms with Gasteiger partial charge >= 0.3 is 0 Å². The van der Waals surface area contributed by atoms with Crippen molar-refractivity contribution in [2.24, 2.45) is 0 Å². The zero-order chi connectivity index (χ0) is 18.3. The summed E-state index contributed by atoms with van der Waals surface area (Å²) in [5, 5.41) is 3.17. The summed E-state index contributed by atoms with van der Waals surface area (Å²) in [5.41, 5.74) is 1.36. The van der Waals surface area contributed by atoms with E-state index < -0.39 is 5.60 Å². The number of carbonyl (C=O) groups excluding carboxylic acids is 1. The first-order valence-corrected chi connectivity index (χ1v) is 9.67. The number of fused-ring (bicyclic) bond motifs is 1. The van der Waals surface area contributed by atoms with Crippen molar-refractivity contribution < 1.29 is 13.9 Å². The van der Waals surface area contributed by atoms with Gasteiger partial charge in [0.25, 0.3) is 5.91 Å². The van der Waals surface area contributed by atoms with E-state index >= 15 is 0 Å². The van der Waals surface area contributed by atoms with Gasteiger partial charge in [-0.2, -0.15) is 0 Å². The molecule has 4 rings (SSSR count). The van der Waals surface area contributed by atoms with Gasteiger partial charge in [0.15, 0.2) is 0 Å². The smallest absolute Gasteiger partial charge is 0.253 e. The summed E-state index contributed by atoms with van der Waals surface area (Å²) in [6.45, 7) is 6.52. The van der Waals surface area contributed by atoms with Gasteiger partial charge in [-0.3, -0.25) is 9.69 Å². The molecular weight excluding hydrogens is 353 g/mol. The molecule has 2 fully saturated rings. The second-order valence-corrected chi connectivity index (χ2v) is 8.28. The molecule has 0 radical (unpaired) electrons. The molecule has 1 amide bonds. The van der Waals surface area contributed by atoms with Crippen molar-refractivity contribution in [2.75, 3.05) is 24.6 Å². The van der Waals surface area contributed by atoms with Gasteiger partial charge < -0.3 is 9.64 Å². The van der Waals surface area contributed by atoms with E-state index in [0.717, 1.165) is 42.4 Å². The highest BCUT2D eigenvalue weighted by Crippen LogP contribution is 2.36. The van der Waals surface area contributed by atoms with Crippen LogP contribution in [0.2, 0.25) is 0 Å². The number of aromatic nitrogens is 1. The normalized spacial score (nSPS) is 26.8. The molecular formula is C19H22FN3O2S. The Hall–Kier alpha value is -1.83. The average molecular weight is 375 g/mol. The molecule has 2 aliphatic rings. The Morgan fingerprint density at radius 3 is 2.85 bits per heavy atom. The molecule has 0 aliphatic carbocycles. The standard InChI is InChI=1S/C19H22FN3O2S/c1-13-21-15(11-26-13)9-22-8-7-17-19(2,12-22)25-10-18(24)23(17)16-5-3-14(20)4-6-16/h3-6,11,17H,7-10,12H2,1-2H3/t17-,19-/m1/s1. The summed E-state index contributed by atoms with van der Waals surface area (Å²) >= 11 is 1.66. The van der Waals surface area contributed by atoms with Gasteiger partial charge in [-0.05, 0) is 44.5 Å². The van der Waals surface area contributed by atoms with E-state index in [1.165, 1.54) is 12.1 Å². The minimum Gasteiger partial charge on any atom is -0.362 e. The molecule has 3 heterocycles. The minimum atomic E-state index is -0.453. The summed E-state index contributed by atoms with van der Waals surface area (Å²) in [5.74, 6) is -0.367. The summed E-state index contributed by atoms with van der Waals surface area (Å²) in [7, 11) is 0. The highest BCUT2D eigenvalue weighted by Gasteiger charge is 2.49. The fourth-order valence-electron chi connectivity index (χ4n) is 4.02. The summed E-state index contributed by atoms with van der Waals surface area (Å²) in [6, 6.07) is 6.08. The Balaban J connectivity index is 1.54. The number of hydrogen-bond acceptors (Lipinski definition) is 5. The molecule has 2 atom stereocenters. The van der Waals surface area contributed by atoms with Crippen LogP contribution in [0, 0.1) is 12.7 Å². The van der Waals surface area contributed by atoms with Crippen LogP contribution in [0.4, 0.5) is 10.1 Å². The number of likely N-dealkylation sites (tertiary alicyclic amines) is 1. The van der Waals surface area contributed by atoms with Crippen LogP contribution >= 0.6 is 11.3 Å². The molecule has 0 bridgehead atoms. The second kappa shape index (κ2) is 6.72. The van der Waals surface area contributed by atoms with E-state index in [1.807, 2.05) is 6.92 Å². The van der Waals surface area contributed by atoms with Crippen molar-refractivity contribution in [1.82, 2.24) is 9.88 Å². The number of piperidine rings is 1. The molecule has 7 heteroatoms. The third-order valence-electron chi connectivity index (χ3n) is 5.22. The van der Waals surface area contributed by atoms with E-state index in [0.29, 0.717) is 0 Å². The van der Waals surface area contributed by atoms with Crippen molar-refractivity contribution in [3.05, 3.63) is 46.2 Å². The Bertz CT molecular complexity index is 809. The number of anilines is 1. The van der Waals surface area contributed by atoms with Crippen LogP contribution < -0.4 is 4.90 Å². The van der Waals surface area contributed by atoms with Crippen molar-refractivity contribution in [3.8, 4) is 0 Å². The third kappa shape index (κ3) is 3.26. The Morgan fingerprint density at radius 1 is 1.38 bits per heavy atom. The van der Waals surface area contributed by atoms with Gasteiger partial charge in [0.05, 0.1) is 22.3 Å². The van der Waals surface area contributed by atoms with Crippen LogP contribution in [0.1, 0.15) is 24.0 Å². The SMILES string of the molecule is Cc1nc(CN2CC[C@H]3N(c4ccc(F)cc4)C(=O)CO[C@]3(C)C2)cs1. The number of ether oxygens (including phenoxy) is 1. The lowest BCUT2D eigenvalue weighted by atomic mass is 9.85. The molecule has 0 spiro atoms. The zero-order valence-corrected chi connectivity index (χ0v) is 15.8.